The molecule has 2 aromatic rings. The van der Waals surface area contributed by atoms with Gasteiger partial charge in [0.1, 0.15) is 11.6 Å². The summed E-state index contributed by atoms with van der Waals surface area (Å²) in [5.41, 5.74) is 7.56. The number of nitrogen functional groups attached to an aromatic ring is 1. The molecule has 5 heteroatoms. The van der Waals surface area contributed by atoms with Gasteiger partial charge < -0.3 is 15.2 Å². The van der Waals surface area contributed by atoms with Crippen molar-refractivity contribution in [3.63, 3.8) is 0 Å². The van der Waals surface area contributed by atoms with Gasteiger partial charge in [-0.15, -0.1) is 11.3 Å². The van der Waals surface area contributed by atoms with Crippen molar-refractivity contribution in [2.45, 2.75) is 32.8 Å². The van der Waals surface area contributed by atoms with Crippen LogP contribution in [0.2, 0.25) is 0 Å². The summed E-state index contributed by atoms with van der Waals surface area (Å²) >= 11 is 1.61. The number of thiazole rings is 1. The second-order valence-corrected chi connectivity index (χ2v) is 6.52. The van der Waals surface area contributed by atoms with E-state index in [1.54, 1.807) is 36.6 Å². The zero-order valence-corrected chi connectivity index (χ0v) is 13.1. The van der Waals surface area contributed by atoms with E-state index >= 15 is 0 Å². The molecule has 0 aliphatic heterocycles. The Hall–Kier alpha value is -1.75. The number of aromatic nitrogens is 1. The molecule has 0 unspecified atom stereocenters. The molecule has 0 fully saturated rings. The summed E-state index contributed by atoms with van der Waals surface area (Å²) in [6.45, 7) is 6.86. The Kier molecular flexibility index (Phi) is 4.18. The maximum atomic E-state index is 5.76. The number of nitrogens with zero attached hydrogens (tertiary/aromatic N) is 1. The Labute approximate surface area is 123 Å². The third-order valence-electron chi connectivity index (χ3n) is 2.86. The molecule has 0 saturated heterocycles. The number of rotatable bonds is 4. The van der Waals surface area contributed by atoms with Gasteiger partial charge in [0.15, 0.2) is 11.5 Å². The van der Waals surface area contributed by atoms with Crippen molar-refractivity contribution < 1.29 is 9.47 Å². The number of ether oxygens (including phenoxy) is 2. The molecule has 2 rings (SSSR count). The van der Waals surface area contributed by atoms with Gasteiger partial charge in [-0.25, -0.2) is 4.98 Å². The standard InChI is InChI=1S/C15H20N2O2S/c1-15(2,3)13-9-20-14(17-13)8-19-12-7-10(16)5-6-11(12)18-4/h5-7,9H,8,16H2,1-4H3. The van der Waals surface area contributed by atoms with Crippen molar-refractivity contribution in [1.29, 1.82) is 0 Å². The number of hydrogen-bond acceptors (Lipinski definition) is 5. The van der Waals surface area contributed by atoms with Crippen LogP contribution in [0, 0.1) is 0 Å². The molecular weight excluding hydrogens is 272 g/mol. The summed E-state index contributed by atoms with van der Waals surface area (Å²) in [7, 11) is 1.61. The third-order valence-corrected chi connectivity index (χ3v) is 3.68. The minimum Gasteiger partial charge on any atom is -0.493 e. The maximum Gasteiger partial charge on any atom is 0.163 e. The lowest BCUT2D eigenvalue weighted by Gasteiger charge is -2.14. The van der Waals surface area contributed by atoms with Gasteiger partial charge >= 0.3 is 0 Å². The number of nitrogens with two attached hydrogens (primary N) is 1. The zero-order chi connectivity index (χ0) is 14.8. The van der Waals surface area contributed by atoms with Gasteiger partial charge in [-0.2, -0.15) is 0 Å². The van der Waals surface area contributed by atoms with E-state index in [4.69, 9.17) is 15.2 Å². The van der Waals surface area contributed by atoms with Crippen LogP contribution in [0.3, 0.4) is 0 Å². The maximum absolute atomic E-state index is 5.76. The second kappa shape index (κ2) is 5.71. The Bertz CT molecular complexity index is 588. The SMILES string of the molecule is COc1ccc(N)cc1OCc1nc(C(C)(C)C)cs1. The van der Waals surface area contributed by atoms with Gasteiger partial charge in [-0.05, 0) is 12.1 Å². The minimum absolute atomic E-state index is 0.0591. The van der Waals surface area contributed by atoms with Gasteiger partial charge in [-0.1, -0.05) is 20.8 Å². The molecule has 0 aliphatic carbocycles. The van der Waals surface area contributed by atoms with Crippen LogP contribution in [0.4, 0.5) is 5.69 Å². The first-order valence-electron chi connectivity index (χ1n) is 6.41. The first-order valence-corrected chi connectivity index (χ1v) is 7.29. The van der Waals surface area contributed by atoms with Crippen LogP contribution in [0.1, 0.15) is 31.5 Å². The lowest BCUT2D eigenvalue weighted by Crippen LogP contribution is -2.11. The number of anilines is 1. The summed E-state index contributed by atoms with van der Waals surface area (Å²) in [6, 6.07) is 5.34. The van der Waals surface area contributed by atoms with Gasteiger partial charge in [0.25, 0.3) is 0 Å². The molecule has 0 spiro atoms. The molecule has 0 saturated carbocycles. The van der Waals surface area contributed by atoms with Gasteiger partial charge in [0.05, 0.1) is 12.8 Å². The van der Waals surface area contributed by atoms with Crippen LogP contribution in [0.25, 0.3) is 0 Å². The van der Waals surface area contributed by atoms with E-state index < -0.39 is 0 Å². The van der Waals surface area contributed by atoms with Crippen LogP contribution in [0.5, 0.6) is 11.5 Å². The Morgan fingerprint density at radius 2 is 2.00 bits per heavy atom. The molecule has 0 atom stereocenters. The molecule has 108 valence electrons. The van der Waals surface area contributed by atoms with Crippen molar-refractivity contribution in [3.8, 4) is 11.5 Å². The lowest BCUT2D eigenvalue weighted by molar-refractivity contribution is 0.283. The molecule has 4 nitrogen and oxygen atoms in total. The second-order valence-electron chi connectivity index (χ2n) is 5.58. The highest BCUT2D eigenvalue weighted by atomic mass is 32.1. The molecular formula is C15H20N2O2S. The molecule has 0 amide bonds. The summed E-state index contributed by atoms with van der Waals surface area (Å²) in [6.07, 6.45) is 0. The smallest absolute Gasteiger partial charge is 0.163 e. The van der Waals surface area contributed by atoms with Crippen molar-refractivity contribution >= 4 is 17.0 Å². The molecule has 0 aliphatic rings. The first kappa shape index (κ1) is 14.7. The number of methoxy groups -OCH3 is 1. The molecule has 0 radical (unpaired) electrons. The normalized spacial score (nSPS) is 11.4. The summed E-state index contributed by atoms with van der Waals surface area (Å²) < 4.78 is 11.0. The summed E-state index contributed by atoms with van der Waals surface area (Å²) in [5.74, 6) is 1.31. The fourth-order valence-corrected chi connectivity index (χ4v) is 2.60. The monoisotopic (exact) mass is 292 g/mol. The molecule has 20 heavy (non-hydrogen) atoms. The van der Waals surface area contributed by atoms with E-state index in [1.807, 2.05) is 0 Å². The minimum atomic E-state index is 0.0591. The number of benzene rings is 1. The van der Waals surface area contributed by atoms with Crippen LogP contribution in [-0.4, -0.2) is 12.1 Å². The number of hydrogen-bond donors (Lipinski definition) is 1. The molecule has 0 bridgehead atoms. The van der Waals surface area contributed by atoms with Crippen LogP contribution in [-0.2, 0) is 12.0 Å². The van der Waals surface area contributed by atoms with Crippen molar-refractivity contribution in [2.24, 2.45) is 0 Å². The van der Waals surface area contributed by atoms with E-state index in [1.165, 1.54) is 0 Å². The summed E-state index contributed by atoms with van der Waals surface area (Å²) in [4.78, 5) is 4.60. The average Bonchev–Trinajstić information content (AvgIpc) is 2.85. The lowest BCUT2D eigenvalue weighted by atomic mass is 9.93. The topological polar surface area (TPSA) is 57.4 Å². The van der Waals surface area contributed by atoms with E-state index in [2.05, 4.69) is 31.1 Å². The predicted octanol–water partition coefficient (Wildman–Crippen LogP) is 3.61. The molecule has 1 aromatic heterocycles. The zero-order valence-electron chi connectivity index (χ0n) is 12.3. The predicted molar refractivity (Wildman–Crippen MR) is 82.6 cm³/mol. The van der Waals surface area contributed by atoms with Gasteiger partial charge in [0, 0.05) is 22.5 Å². The highest BCUT2D eigenvalue weighted by Gasteiger charge is 2.17. The van der Waals surface area contributed by atoms with E-state index in [0.717, 1.165) is 10.7 Å². The van der Waals surface area contributed by atoms with Gasteiger partial charge in [0.2, 0.25) is 0 Å². The van der Waals surface area contributed by atoms with Crippen LogP contribution in [0.15, 0.2) is 23.6 Å². The third kappa shape index (κ3) is 3.42. The van der Waals surface area contributed by atoms with Crippen molar-refractivity contribution in [2.75, 3.05) is 12.8 Å². The van der Waals surface area contributed by atoms with E-state index in [0.29, 0.717) is 23.8 Å². The van der Waals surface area contributed by atoms with Crippen molar-refractivity contribution in [3.05, 3.63) is 34.3 Å². The fraction of sp³-hybridized carbons (Fsp3) is 0.400. The van der Waals surface area contributed by atoms with Crippen molar-refractivity contribution in [1.82, 2.24) is 4.98 Å². The molecule has 1 aromatic carbocycles. The molecule has 1 heterocycles. The van der Waals surface area contributed by atoms with Crippen LogP contribution < -0.4 is 15.2 Å². The quantitative estimate of drug-likeness (QED) is 0.875. The highest BCUT2D eigenvalue weighted by Crippen LogP contribution is 2.30. The fourth-order valence-electron chi connectivity index (χ4n) is 1.67. The Morgan fingerprint density at radius 1 is 1.25 bits per heavy atom. The molecule has 2 N–H and O–H groups in total. The van der Waals surface area contributed by atoms with Gasteiger partial charge in [-0.3, -0.25) is 0 Å². The largest absolute Gasteiger partial charge is 0.493 e. The average molecular weight is 292 g/mol. The van der Waals surface area contributed by atoms with E-state index in [-0.39, 0.29) is 5.41 Å². The van der Waals surface area contributed by atoms with E-state index in [9.17, 15) is 0 Å². The highest BCUT2D eigenvalue weighted by molar-refractivity contribution is 7.09. The van der Waals surface area contributed by atoms with Crippen LogP contribution >= 0.6 is 11.3 Å². The first-order chi connectivity index (χ1) is 9.40. The summed E-state index contributed by atoms with van der Waals surface area (Å²) in [5, 5.41) is 3.02. The Morgan fingerprint density at radius 3 is 2.60 bits per heavy atom. The Balaban J connectivity index is 2.09.